The maximum Gasteiger partial charge on any atom is 0.329 e. The highest BCUT2D eigenvalue weighted by atomic mass is 35.5. The molecular weight excluding hydrogens is 344 g/mol. The molecule has 0 atom stereocenters. The van der Waals surface area contributed by atoms with Crippen molar-refractivity contribution in [2.24, 2.45) is 0 Å². The molecule has 0 unspecified atom stereocenters. The molecule has 140 valence electrons. The molecule has 0 spiro atoms. The molecule has 0 N–H and O–H groups in total. The number of anilines is 2. The molecule has 2 rings (SSSR count). The zero-order valence-corrected chi connectivity index (χ0v) is 16.8. The first kappa shape index (κ1) is 20.3. The Hall–Kier alpha value is -2.00. The molecule has 0 heterocycles. The highest BCUT2D eigenvalue weighted by molar-refractivity contribution is 6.31. The van der Waals surface area contributed by atoms with E-state index in [4.69, 9.17) is 11.6 Å². The van der Waals surface area contributed by atoms with Crippen molar-refractivity contribution in [3.8, 4) is 0 Å². The van der Waals surface area contributed by atoms with Crippen LogP contribution < -0.4 is 4.90 Å². The zero-order valence-electron chi connectivity index (χ0n) is 16.0. The molecule has 0 aliphatic rings. The summed E-state index contributed by atoms with van der Waals surface area (Å²) in [6.45, 7) is 7.82. The van der Waals surface area contributed by atoms with Crippen LogP contribution >= 0.6 is 11.6 Å². The molecule has 0 aromatic heterocycles. The van der Waals surface area contributed by atoms with Crippen LogP contribution in [0.2, 0.25) is 5.02 Å². The Bertz CT molecular complexity index is 695. The minimum absolute atomic E-state index is 0.0121. The van der Waals surface area contributed by atoms with Gasteiger partial charge in [-0.1, -0.05) is 62.6 Å². The number of hydrogen-bond donors (Lipinski definition) is 0. The van der Waals surface area contributed by atoms with Crippen molar-refractivity contribution in [1.29, 1.82) is 0 Å². The van der Waals surface area contributed by atoms with Crippen LogP contribution in [0.15, 0.2) is 48.5 Å². The number of unbranched alkanes of at least 4 members (excludes halogenated alkanes) is 2. The van der Waals surface area contributed by atoms with Gasteiger partial charge >= 0.3 is 6.03 Å². The Morgan fingerprint density at radius 1 is 0.923 bits per heavy atom. The lowest BCUT2D eigenvalue weighted by Crippen LogP contribution is -2.42. The molecule has 3 nitrogen and oxygen atoms in total. The first-order valence-corrected chi connectivity index (χ1v) is 9.86. The fraction of sp³-hybridized carbons (Fsp3) is 0.409. The summed E-state index contributed by atoms with van der Waals surface area (Å²) in [4.78, 5) is 17.2. The molecule has 0 radical (unpaired) electrons. The van der Waals surface area contributed by atoms with E-state index in [9.17, 15) is 4.79 Å². The Morgan fingerprint density at radius 2 is 1.54 bits per heavy atom. The number of rotatable bonds is 8. The summed E-state index contributed by atoms with van der Waals surface area (Å²) in [6.07, 6.45) is 4.15. The summed E-state index contributed by atoms with van der Waals surface area (Å²) in [5, 5.41) is 0.671. The van der Waals surface area contributed by atoms with Crippen molar-refractivity contribution in [3.05, 3.63) is 59.1 Å². The Balaban J connectivity index is 2.41. The number of carbonyl (C=O) groups is 1. The molecular formula is C22H29ClN2O. The van der Waals surface area contributed by atoms with Gasteiger partial charge in [0.2, 0.25) is 0 Å². The summed E-state index contributed by atoms with van der Waals surface area (Å²) in [7, 11) is 0. The van der Waals surface area contributed by atoms with E-state index in [1.807, 2.05) is 60.4 Å². The van der Waals surface area contributed by atoms with E-state index >= 15 is 0 Å². The molecule has 2 aromatic rings. The average molecular weight is 373 g/mol. The van der Waals surface area contributed by atoms with E-state index in [2.05, 4.69) is 13.8 Å². The number of amides is 2. The van der Waals surface area contributed by atoms with Crippen LogP contribution in [0.25, 0.3) is 0 Å². The molecule has 0 aliphatic carbocycles. The summed E-state index contributed by atoms with van der Waals surface area (Å²) in [5.74, 6) is 0. The van der Waals surface area contributed by atoms with Gasteiger partial charge in [0.25, 0.3) is 0 Å². The minimum atomic E-state index is 0.0121. The van der Waals surface area contributed by atoms with Crippen molar-refractivity contribution >= 4 is 29.0 Å². The van der Waals surface area contributed by atoms with Crippen molar-refractivity contribution in [2.75, 3.05) is 18.0 Å². The third kappa shape index (κ3) is 5.25. The van der Waals surface area contributed by atoms with Gasteiger partial charge in [-0.15, -0.1) is 0 Å². The number of halogens is 1. The molecule has 0 saturated carbocycles. The smallest absolute Gasteiger partial charge is 0.324 e. The van der Waals surface area contributed by atoms with Gasteiger partial charge in [-0.25, -0.2) is 4.79 Å². The van der Waals surface area contributed by atoms with E-state index in [-0.39, 0.29) is 6.03 Å². The van der Waals surface area contributed by atoms with E-state index in [1.165, 1.54) is 0 Å². The first-order valence-electron chi connectivity index (χ1n) is 9.48. The molecule has 4 heteroatoms. The van der Waals surface area contributed by atoms with Crippen molar-refractivity contribution < 1.29 is 4.79 Å². The van der Waals surface area contributed by atoms with Gasteiger partial charge in [-0.05, 0) is 49.6 Å². The summed E-state index contributed by atoms with van der Waals surface area (Å²) in [6, 6.07) is 15.6. The molecule has 2 amide bonds. The van der Waals surface area contributed by atoms with Crippen molar-refractivity contribution in [1.82, 2.24) is 4.90 Å². The monoisotopic (exact) mass is 372 g/mol. The van der Waals surface area contributed by atoms with Crippen LogP contribution in [0.5, 0.6) is 0 Å². The van der Waals surface area contributed by atoms with Gasteiger partial charge in [0.15, 0.2) is 0 Å². The van der Waals surface area contributed by atoms with E-state index < -0.39 is 0 Å². The van der Waals surface area contributed by atoms with Crippen LogP contribution in [0.3, 0.4) is 0 Å². The van der Waals surface area contributed by atoms with Crippen LogP contribution in [-0.4, -0.2) is 24.0 Å². The SMILES string of the molecule is CCCCN(CCCC)C(=O)N(c1ccccc1)c1ccc(C)c(Cl)c1. The fourth-order valence-corrected chi connectivity index (χ4v) is 2.99. The van der Waals surface area contributed by atoms with Crippen molar-refractivity contribution in [2.45, 2.75) is 46.5 Å². The number of hydrogen-bond acceptors (Lipinski definition) is 1. The second-order valence-electron chi connectivity index (χ2n) is 6.58. The van der Waals surface area contributed by atoms with Crippen molar-refractivity contribution in [3.63, 3.8) is 0 Å². The van der Waals surface area contributed by atoms with Gasteiger partial charge in [-0.3, -0.25) is 4.90 Å². The normalized spacial score (nSPS) is 10.6. The van der Waals surface area contributed by atoms with Gasteiger partial charge in [0.1, 0.15) is 0 Å². The van der Waals surface area contributed by atoms with Gasteiger partial charge in [0, 0.05) is 18.1 Å². The van der Waals surface area contributed by atoms with E-state index in [1.54, 1.807) is 4.90 Å². The first-order chi connectivity index (χ1) is 12.6. The third-order valence-electron chi connectivity index (χ3n) is 4.45. The molecule has 2 aromatic carbocycles. The second-order valence-corrected chi connectivity index (χ2v) is 6.99. The lowest BCUT2D eigenvalue weighted by molar-refractivity contribution is 0.205. The van der Waals surface area contributed by atoms with Crippen LogP contribution in [0.4, 0.5) is 16.2 Å². The Morgan fingerprint density at radius 3 is 2.08 bits per heavy atom. The predicted octanol–water partition coefficient (Wildman–Crippen LogP) is 6.81. The van der Waals surface area contributed by atoms with E-state index in [0.29, 0.717) is 5.02 Å². The van der Waals surface area contributed by atoms with Crippen LogP contribution in [-0.2, 0) is 0 Å². The lowest BCUT2D eigenvalue weighted by atomic mass is 10.2. The van der Waals surface area contributed by atoms with Gasteiger partial charge in [-0.2, -0.15) is 0 Å². The van der Waals surface area contributed by atoms with Crippen LogP contribution in [0, 0.1) is 6.92 Å². The highest BCUT2D eigenvalue weighted by Gasteiger charge is 2.23. The van der Waals surface area contributed by atoms with Gasteiger partial charge in [0.05, 0.1) is 11.4 Å². The van der Waals surface area contributed by atoms with Gasteiger partial charge < -0.3 is 4.90 Å². The van der Waals surface area contributed by atoms with Crippen LogP contribution in [0.1, 0.15) is 45.1 Å². The molecule has 26 heavy (non-hydrogen) atoms. The average Bonchev–Trinajstić information content (AvgIpc) is 2.65. The zero-order chi connectivity index (χ0) is 18.9. The second kappa shape index (κ2) is 10.2. The molecule has 0 saturated heterocycles. The maximum absolute atomic E-state index is 13.5. The predicted molar refractivity (Wildman–Crippen MR) is 112 cm³/mol. The number of urea groups is 1. The minimum Gasteiger partial charge on any atom is -0.324 e. The molecule has 0 aliphatic heterocycles. The standard InChI is InChI=1S/C22H29ClN2O/c1-4-6-15-24(16-7-5-2)22(26)25(19-11-9-8-10-12-19)20-14-13-18(3)21(23)17-20/h8-14,17H,4-7,15-16H2,1-3H3. The fourth-order valence-electron chi connectivity index (χ4n) is 2.81. The van der Waals surface area contributed by atoms with E-state index in [0.717, 1.165) is 55.7 Å². The summed E-state index contributed by atoms with van der Waals surface area (Å²) < 4.78 is 0. The number of para-hydroxylation sites is 1. The number of carbonyl (C=O) groups excluding carboxylic acids is 1. The number of benzene rings is 2. The topological polar surface area (TPSA) is 23.6 Å². The number of nitrogens with zero attached hydrogens (tertiary/aromatic N) is 2. The third-order valence-corrected chi connectivity index (χ3v) is 4.86. The Labute approximate surface area is 162 Å². The Kier molecular flexibility index (Phi) is 7.99. The number of aryl methyl sites for hydroxylation is 1. The highest BCUT2D eigenvalue weighted by Crippen LogP contribution is 2.30. The summed E-state index contributed by atoms with van der Waals surface area (Å²) >= 11 is 6.35. The largest absolute Gasteiger partial charge is 0.329 e. The molecule has 0 bridgehead atoms. The maximum atomic E-state index is 13.5. The quantitative estimate of drug-likeness (QED) is 0.499. The summed E-state index contributed by atoms with van der Waals surface area (Å²) in [5.41, 5.74) is 2.66. The lowest BCUT2D eigenvalue weighted by Gasteiger charge is -2.31. The molecule has 0 fully saturated rings.